The van der Waals surface area contributed by atoms with Gasteiger partial charge in [0.2, 0.25) is 0 Å². The predicted octanol–water partition coefficient (Wildman–Crippen LogP) is 15.0. The first-order valence-corrected chi connectivity index (χ1v) is 24.4. The molecule has 8 rings (SSSR count). The fourth-order valence-corrected chi connectivity index (χ4v) is 17.4. The number of rotatable bonds is 15. The van der Waals surface area contributed by atoms with Gasteiger partial charge in [-0.3, -0.25) is 0 Å². The quantitative estimate of drug-likeness (QED) is 0.0934. The minimum atomic E-state index is -4.28. The number of para-hydroxylation sites is 7. The molecule has 1 unspecified atom stereocenters. The van der Waals surface area contributed by atoms with Gasteiger partial charge in [0.15, 0.2) is 0 Å². The van der Waals surface area contributed by atoms with Gasteiger partial charge in [0.05, 0.1) is 0 Å². The van der Waals surface area contributed by atoms with Gasteiger partial charge in [-0.05, 0) is 84.9 Å². The Morgan fingerprint density at radius 3 is 0.576 bits per heavy atom. The summed E-state index contributed by atoms with van der Waals surface area (Å²) in [5.41, 5.74) is 0. The molecule has 0 aromatic heterocycles. The van der Waals surface area contributed by atoms with Crippen molar-refractivity contribution < 1.29 is 36.2 Å². The van der Waals surface area contributed by atoms with E-state index in [2.05, 4.69) is 0 Å². The average Bonchev–Trinajstić information content (AvgIpc) is 3.25. The Labute approximate surface area is 343 Å². The van der Waals surface area contributed by atoms with Crippen LogP contribution in [-0.2, 0) is 4.52 Å². The zero-order chi connectivity index (χ0) is 40.3. The van der Waals surface area contributed by atoms with E-state index in [1.54, 1.807) is 84.9 Å². The van der Waals surface area contributed by atoms with E-state index in [0.717, 1.165) is 0 Å². The molecule has 16 heteroatoms. The summed E-state index contributed by atoms with van der Waals surface area (Å²) >= 11 is 0. The summed E-state index contributed by atoms with van der Waals surface area (Å²) in [4.78, 5) is 0. The summed E-state index contributed by atoms with van der Waals surface area (Å²) in [5, 5.41) is 0. The highest BCUT2D eigenvalue weighted by Crippen LogP contribution is 2.79. The lowest BCUT2D eigenvalue weighted by Crippen LogP contribution is -2.10. The van der Waals surface area contributed by atoms with E-state index < -0.39 is 30.6 Å². The zero-order valence-electron chi connectivity index (χ0n) is 31.6. The van der Waals surface area contributed by atoms with E-state index in [9.17, 15) is 0 Å². The highest BCUT2D eigenvalue weighted by molar-refractivity contribution is 7.79. The molecule has 0 amide bonds. The second-order valence-electron chi connectivity index (χ2n) is 12.3. The first-order valence-electron chi connectivity index (χ1n) is 18.3. The molecule has 1 aliphatic rings. The van der Waals surface area contributed by atoms with Crippen molar-refractivity contribution in [3.8, 4) is 40.2 Å². The summed E-state index contributed by atoms with van der Waals surface area (Å²) in [5.74, 6) is 2.61. The van der Waals surface area contributed by atoms with Gasteiger partial charge in [0.1, 0.15) is 40.2 Å². The molecule has 1 heterocycles. The Hall–Kier alpha value is -5.98. The third kappa shape index (κ3) is 10.4. The van der Waals surface area contributed by atoms with Crippen molar-refractivity contribution in [3.63, 3.8) is 0 Å². The first kappa shape index (κ1) is 39.8. The molecule has 1 atom stereocenters. The summed E-state index contributed by atoms with van der Waals surface area (Å²) in [6.07, 6.45) is 0. The topological polar surface area (TPSA) is 123 Å². The second-order valence-corrected chi connectivity index (χ2v) is 20.8. The second kappa shape index (κ2) is 18.3. The molecule has 0 radical (unpaired) electrons. The maximum absolute atomic E-state index is 6.97. The molecule has 0 bridgehead atoms. The van der Waals surface area contributed by atoms with Gasteiger partial charge in [0.25, 0.3) is 0 Å². The highest BCUT2D eigenvalue weighted by Gasteiger charge is 2.48. The molecule has 59 heavy (non-hydrogen) atoms. The maximum Gasteiger partial charge on any atom is 0.460 e. The van der Waals surface area contributed by atoms with Crippen LogP contribution in [0.3, 0.4) is 0 Å². The predicted molar refractivity (Wildman–Crippen MR) is 234 cm³/mol. The maximum atomic E-state index is 6.97. The number of benzene rings is 7. The number of nitrogens with zero attached hydrogens (tertiary/aromatic N) is 4. The molecular formula is C43H38N4O8P4. The Kier molecular flexibility index (Phi) is 12.4. The molecule has 12 nitrogen and oxygen atoms in total. The number of hydrogen-bond acceptors (Lipinski definition) is 12. The van der Waals surface area contributed by atoms with E-state index in [4.69, 9.17) is 54.3 Å². The van der Waals surface area contributed by atoms with E-state index in [1.807, 2.05) is 127 Å². The van der Waals surface area contributed by atoms with Crippen LogP contribution in [0.15, 0.2) is 230 Å². The van der Waals surface area contributed by atoms with Crippen molar-refractivity contribution in [2.45, 2.75) is 0 Å². The van der Waals surface area contributed by atoms with Gasteiger partial charge in [-0.15, -0.1) is 9.03 Å². The Morgan fingerprint density at radius 2 is 0.390 bits per heavy atom. The van der Waals surface area contributed by atoms with Crippen LogP contribution < -0.4 is 31.7 Å². The average molecular weight is 863 g/mol. The van der Waals surface area contributed by atoms with E-state index in [0.29, 0.717) is 40.2 Å². The summed E-state index contributed by atoms with van der Waals surface area (Å²) < 4.78 is 76.3. The summed E-state index contributed by atoms with van der Waals surface area (Å²) in [6.45, 7) is 0. The zero-order valence-corrected chi connectivity index (χ0v) is 35.1. The van der Waals surface area contributed by atoms with Crippen molar-refractivity contribution in [2.75, 3.05) is 7.11 Å². The molecule has 0 saturated heterocycles. The molecule has 1 aliphatic heterocycles. The first-order chi connectivity index (χ1) is 28.9. The van der Waals surface area contributed by atoms with Gasteiger partial charge < -0.3 is 36.2 Å². The molecular weight excluding hydrogens is 824 g/mol. The van der Waals surface area contributed by atoms with Crippen molar-refractivity contribution >= 4 is 30.6 Å². The molecule has 0 aliphatic carbocycles. The lowest BCUT2D eigenvalue weighted by Gasteiger charge is -2.32. The van der Waals surface area contributed by atoms with E-state index >= 15 is 0 Å². The van der Waals surface area contributed by atoms with Crippen LogP contribution in [0.25, 0.3) is 0 Å². The molecule has 0 fully saturated rings. The lowest BCUT2D eigenvalue weighted by atomic mass is 10.3. The Balaban J connectivity index is 1.54. The molecule has 0 spiro atoms. The molecule has 298 valence electrons. The monoisotopic (exact) mass is 862 g/mol. The third-order valence-corrected chi connectivity index (χ3v) is 18.8. The minimum Gasteiger partial charge on any atom is -0.422 e. The van der Waals surface area contributed by atoms with Crippen LogP contribution in [0, 0.1) is 0 Å². The van der Waals surface area contributed by atoms with Crippen LogP contribution in [0.1, 0.15) is 0 Å². The van der Waals surface area contributed by atoms with Crippen LogP contribution in [0.5, 0.6) is 40.2 Å². The molecule has 7 aromatic rings. The van der Waals surface area contributed by atoms with Gasteiger partial charge in [-0.25, -0.2) is 0 Å². The van der Waals surface area contributed by atoms with Crippen molar-refractivity contribution in [1.29, 1.82) is 0 Å². The van der Waals surface area contributed by atoms with Crippen LogP contribution in [0.2, 0.25) is 0 Å². The molecule has 0 saturated carbocycles. The summed E-state index contributed by atoms with van der Waals surface area (Å²) in [7, 11) is -15.4. The fraction of sp³-hybridized carbons (Fsp3) is 0.0233. The molecule has 0 N–H and O–H groups in total. The summed E-state index contributed by atoms with van der Waals surface area (Å²) in [6, 6.07) is 63.4. The van der Waals surface area contributed by atoms with Crippen molar-refractivity contribution in [3.05, 3.63) is 212 Å². The van der Waals surface area contributed by atoms with E-state index in [-0.39, 0.29) is 0 Å². The minimum absolute atomic E-state index is 0.369. The SMILES string of the molecule is COP1(Oc2ccccc2)=NP(Oc2ccccc2)(Oc2ccccc2)=NP(Oc2ccccc2)(Oc2ccccc2)=NP(Oc2ccccc2)(Oc2ccccc2)=N1. The van der Waals surface area contributed by atoms with Crippen molar-refractivity contribution in [2.24, 2.45) is 18.1 Å². The smallest absolute Gasteiger partial charge is 0.422 e. The normalized spacial score (nSPS) is 17.3. The van der Waals surface area contributed by atoms with Crippen LogP contribution >= 0.6 is 30.6 Å². The van der Waals surface area contributed by atoms with Crippen LogP contribution in [-0.4, -0.2) is 7.11 Å². The largest absolute Gasteiger partial charge is 0.460 e. The third-order valence-electron chi connectivity index (χ3n) is 7.91. The van der Waals surface area contributed by atoms with Crippen LogP contribution in [0.4, 0.5) is 0 Å². The Bertz CT molecular complexity index is 2450. The van der Waals surface area contributed by atoms with Gasteiger partial charge in [0, 0.05) is 7.11 Å². The fourth-order valence-electron chi connectivity index (χ4n) is 5.40. The van der Waals surface area contributed by atoms with Gasteiger partial charge in [-0.1, -0.05) is 136 Å². The van der Waals surface area contributed by atoms with Gasteiger partial charge in [-0.2, -0.15) is 0 Å². The van der Waals surface area contributed by atoms with E-state index in [1.165, 1.54) is 7.11 Å². The Morgan fingerprint density at radius 1 is 0.237 bits per heavy atom. The van der Waals surface area contributed by atoms with Crippen molar-refractivity contribution in [1.82, 2.24) is 0 Å². The standard InChI is InChI=1S/C43H38N4O8P4/c1-48-56(49-37-23-9-2-10-24-37)44-57(50-38-25-11-3-12-26-38,51-39-27-13-4-14-28-39)46-59(54-42-33-19-7-20-34-42,55-43-35-21-8-22-36-43)47-58(45-56,52-40-29-15-5-16-30-40)53-41-31-17-6-18-32-41/h2-36H,1H3. The number of hydrogen-bond donors (Lipinski definition) is 0. The lowest BCUT2D eigenvalue weighted by molar-refractivity contribution is 0.380. The van der Waals surface area contributed by atoms with Gasteiger partial charge >= 0.3 is 30.6 Å². The molecule has 7 aromatic carbocycles. The highest BCUT2D eigenvalue weighted by atomic mass is 31.3.